The number of carbonyl (C=O) groups is 1. The summed E-state index contributed by atoms with van der Waals surface area (Å²) in [4.78, 5) is 12.1. The number of carbonyl (C=O) groups excluding carboxylic acids is 1. The molecule has 0 saturated carbocycles. The first-order valence-electron chi connectivity index (χ1n) is 8.86. The second-order valence-corrected chi connectivity index (χ2v) is 9.47. The monoisotopic (exact) mass is 556 g/mol. The molecule has 166 valence electrons. The minimum absolute atomic E-state index is 0.0144. The Morgan fingerprint density at radius 2 is 1.78 bits per heavy atom. The van der Waals surface area contributed by atoms with Crippen molar-refractivity contribution in [3.63, 3.8) is 0 Å². The lowest BCUT2D eigenvalue weighted by Gasteiger charge is -2.09. The summed E-state index contributed by atoms with van der Waals surface area (Å²) in [6.45, 7) is 0. The van der Waals surface area contributed by atoms with Crippen LogP contribution in [0.1, 0.15) is 15.9 Å². The molecule has 1 amide bonds. The number of halogens is 3. The highest BCUT2D eigenvalue weighted by Crippen LogP contribution is 2.29. The number of methoxy groups -OCH3 is 1. The molecule has 3 aromatic rings. The van der Waals surface area contributed by atoms with E-state index in [-0.39, 0.29) is 21.2 Å². The second kappa shape index (κ2) is 10.4. The van der Waals surface area contributed by atoms with Crippen LogP contribution in [-0.4, -0.2) is 27.6 Å². The van der Waals surface area contributed by atoms with Crippen LogP contribution in [0.2, 0.25) is 10.0 Å². The molecule has 0 fully saturated rings. The average molecular weight is 558 g/mol. The molecule has 32 heavy (non-hydrogen) atoms. The summed E-state index contributed by atoms with van der Waals surface area (Å²) < 4.78 is 35.6. The van der Waals surface area contributed by atoms with Gasteiger partial charge >= 0.3 is 10.1 Å². The molecule has 0 bridgehead atoms. The molecular formula is C21H15BrCl2N2O5S. The number of amides is 1. The number of nitrogens with one attached hydrogen (secondary N) is 1. The Morgan fingerprint density at radius 3 is 2.41 bits per heavy atom. The quantitative estimate of drug-likeness (QED) is 0.242. The van der Waals surface area contributed by atoms with E-state index in [0.29, 0.717) is 20.8 Å². The van der Waals surface area contributed by atoms with Gasteiger partial charge in [-0.3, -0.25) is 4.79 Å². The topological polar surface area (TPSA) is 94.1 Å². The number of rotatable bonds is 7. The van der Waals surface area contributed by atoms with E-state index in [2.05, 4.69) is 26.5 Å². The van der Waals surface area contributed by atoms with Gasteiger partial charge in [-0.2, -0.15) is 13.5 Å². The maximum Gasteiger partial charge on any atom is 0.339 e. The number of nitrogens with zero attached hydrogens (tertiary/aromatic N) is 1. The average Bonchev–Trinajstić information content (AvgIpc) is 2.75. The predicted octanol–water partition coefficient (Wildman–Crippen LogP) is 5.30. The van der Waals surface area contributed by atoms with E-state index >= 15 is 0 Å². The summed E-state index contributed by atoms with van der Waals surface area (Å²) in [7, 11) is -2.55. The molecule has 3 rings (SSSR count). The predicted molar refractivity (Wildman–Crippen MR) is 126 cm³/mol. The van der Waals surface area contributed by atoms with Gasteiger partial charge in [-0.25, -0.2) is 5.43 Å². The minimum atomic E-state index is -4.04. The van der Waals surface area contributed by atoms with Crippen molar-refractivity contribution in [2.24, 2.45) is 5.10 Å². The van der Waals surface area contributed by atoms with Crippen molar-refractivity contribution < 1.29 is 22.1 Å². The normalized spacial score (nSPS) is 11.4. The maximum absolute atomic E-state index is 12.5. The Bertz CT molecular complexity index is 1280. The summed E-state index contributed by atoms with van der Waals surface area (Å²) in [6.07, 6.45) is 1.38. The highest BCUT2D eigenvalue weighted by molar-refractivity contribution is 9.10. The van der Waals surface area contributed by atoms with Crippen molar-refractivity contribution in [3.8, 4) is 11.5 Å². The fourth-order valence-electron chi connectivity index (χ4n) is 2.47. The molecular weight excluding hydrogens is 543 g/mol. The molecule has 3 aromatic carbocycles. The second-order valence-electron chi connectivity index (χ2n) is 6.23. The molecule has 11 heteroatoms. The molecule has 0 aliphatic carbocycles. The summed E-state index contributed by atoms with van der Waals surface area (Å²) in [5, 5.41) is 4.50. The third-order valence-electron chi connectivity index (χ3n) is 4.06. The number of benzene rings is 3. The van der Waals surface area contributed by atoms with E-state index in [0.717, 1.165) is 0 Å². The van der Waals surface area contributed by atoms with Gasteiger partial charge in [0.1, 0.15) is 10.6 Å². The van der Waals surface area contributed by atoms with Gasteiger partial charge in [-0.15, -0.1) is 0 Å². The van der Waals surface area contributed by atoms with Gasteiger partial charge in [0.25, 0.3) is 5.91 Å². The molecule has 0 radical (unpaired) electrons. The molecule has 0 aromatic heterocycles. The highest BCUT2D eigenvalue weighted by Gasteiger charge is 2.18. The highest BCUT2D eigenvalue weighted by atomic mass is 79.9. The van der Waals surface area contributed by atoms with Crippen molar-refractivity contribution in [2.45, 2.75) is 4.90 Å². The lowest BCUT2D eigenvalue weighted by molar-refractivity contribution is 0.0955. The number of hydrazone groups is 1. The van der Waals surface area contributed by atoms with Gasteiger partial charge in [-0.05, 0) is 82.2 Å². The van der Waals surface area contributed by atoms with E-state index in [9.17, 15) is 13.2 Å². The molecule has 7 nitrogen and oxygen atoms in total. The van der Waals surface area contributed by atoms with Crippen LogP contribution in [0.4, 0.5) is 0 Å². The van der Waals surface area contributed by atoms with Crippen molar-refractivity contribution in [1.29, 1.82) is 0 Å². The van der Waals surface area contributed by atoms with Gasteiger partial charge in [0.05, 0.1) is 28.4 Å². The van der Waals surface area contributed by atoms with Gasteiger partial charge in [0.2, 0.25) is 0 Å². The molecule has 1 N–H and O–H groups in total. The Labute approximate surface area is 203 Å². The number of ether oxygens (including phenoxy) is 1. The Hall–Kier alpha value is -2.59. The largest absolute Gasteiger partial charge is 0.497 e. The third-order valence-corrected chi connectivity index (χ3v) is 6.48. The standard InChI is InChI=1S/C21H15BrCl2N2O5S/c1-30-15-4-6-16(7-5-15)32(28,29)31-20-9-2-13(10-18(20)22)12-25-26-21(27)17-8-3-14(23)11-19(17)24/h2-12H,1H3,(H,26,27)/b25-12-. The maximum atomic E-state index is 12.5. The first-order chi connectivity index (χ1) is 15.2. The third kappa shape index (κ3) is 6.01. The van der Waals surface area contributed by atoms with Crippen LogP contribution in [0.25, 0.3) is 0 Å². The van der Waals surface area contributed by atoms with E-state index < -0.39 is 16.0 Å². The summed E-state index contributed by atoms with van der Waals surface area (Å²) in [5.74, 6) is 0.113. The molecule has 0 spiro atoms. The zero-order valence-corrected chi connectivity index (χ0v) is 20.3. The minimum Gasteiger partial charge on any atom is -0.497 e. The molecule has 0 aliphatic heterocycles. The van der Waals surface area contributed by atoms with Crippen LogP contribution in [-0.2, 0) is 10.1 Å². The smallest absolute Gasteiger partial charge is 0.339 e. The zero-order chi connectivity index (χ0) is 23.3. The summed E-state index contributed by atoms with van der Waals surface area (Å²) in [6, 6.07) is 14.9. The van der Waals surface area contributed by atoms with Crippen LogP contribution in [0.3, 0.4) is 0 Å². The van der Waals surface area contributed by atoms with Crippen LogP contribution in [0.5, 0.6) is 11.5 Å². The first-order valence-corrected chi connectivity index (χ1v) is 11.8. The van der Waals surface area contributed by atoms with Crippen molar-refractivity contribution in [3.05, 3.63) is 86.3 Å². The van der Waals surface area contributed by atoms with Crippen LogP contribution < -0.4 is 14.3 Å². The Kier molecular flexibility index (Phi) is 7.78. The van der Waals surface area contributed by atoms with E-state index in [1.807, 2.05) is 0 Å². The molecule has 0 aliphatic rings. The van der Waals surface area contributed by atoms with Crippen molar-refractivity contribution in [2.75, 3.05) is 7.11 Å². The Morgan fingerprint density at radius 1 is 1.06 bits per heavy atom. The van der Waals surface area contributed by atoms with Gasteiger partial charge in [-0.1, -0.05) is 23.2 Å². The fourth-order valence-corrected chi connectivity index (χ4v) is 4.50. The fraction of sp³-hybridized carbons (Fsp3) is 0.0476. The number of hydrogen-bond donors (Lipinski definition) is 1. The van der Waals surface area contributed by atoms with Crippen LogP contribution in [0, 0.1) is 0 Å². The van der Waals surface area contributed by atoms with Crippen molar-refractivity contribution >= 4 is 61.4 Å². The molecule has 0 unspecified atom stereocenters. The lowest BCUT2D eigenvalue weighted by Crippen LogP contribution is -2.18. The van der Waals surface area contributed by atoms with E-state index in [1.54, 1.807) is 18.2 Å². The number of hydrogen-bond acceptors (Lipinski definition) is 6. The van der Waals surface area contributed by atoms with Gasteiger partial charge in [0.15, 0.2) is 5.75 Å². The first kappa shape index (κ1) is 24.1. The Balaban J connectivity index is 1.68. The molecule has 0 saturated heterocycles. The van der Waals surface area contributed by atoms with Crippen LogP contribution in [0.15, 0.2) is 75.1 Å². The lowest BCUT2D eigenvalue weighted by atomic mass is 10.2. The molecule has 0 atom stereocenters. The summed E-state index contributed by atoms with van der Waals surface area (Å²) in [5.41, 5.74) is 3.16. The van der Waals surface area contributed by atoms with E-state index in [4.69, 9.17) is 32.1 Å². The van der Waals surface area contributed by atoms with Crippen LogP contribution >= 0.6 is 39.1 Å². The van der Waals surface area contributed by atoms with Crippen molar-refractivity contribution in [1.82, 2.24) is 5.43 Å². The van der Waals surface area contributed by atoms with Gasteiger partial charge in [0, 0.05) is 5.02 Å². The SMILES string of the molecule is COc1ccc(S(=O)(=O)Oc2ccc(/C=N\NC(=O)c3ccc(Cl)cc3Cl)cc2Br)cc1. The zero-order valence-electron chi connectivity index (χ0n) is 16.4. The summed E-state index contributed by atoms with van der Waals surface area (Å²) >= 11 is 15.1. The van der Waals surface area contributed by atoms with E-state index in [1.165, 1.54) is 55.8 Å². The molecule has 0 heterocycles. The van der Waals surface area contributed by atoms with Gasteiger partial charge < -0.3 is 8.92 Å².